The Kier molecular flexibility index (Phi) is 4.83. The molecule has 0 bridgehead atoms. The third kappa shape index (κ3) is 3.69. The van der Waals surface area contributed by atoms with Gasteiger partial charge in [0.2, 0.25) is 0 Å². The van der Waals surface area contributed by atoms with Gasteiger partial charge in [0.1, 0.15) is 0 Å². The molecule has 1 aromatic rings. The van der Waals surface area contributed by atoms with Gasteiger partial charge < -0.3 is 5.32 Å². The number of hydrogen-bond donors (Lipinski definition) is 1. The largest absolute Gasteiger partial charge is 0.349 e. The number of amides is 1. The smallest absolute Gasteiger partial charge is 0.251 e. The first-order chi connectivity index (χ1) is 8.29. The summed E-state index contributed by atoms with van der Waals surface area (Å²) in [5.74, 6) is 0.934. The van der Waals surface area contributed by atoms with Crippen molar-refractivity contribution in [2.24, 2.45) is 5.92 Å². The van der Waals surface area contributed by atoms with Gasteiger partial charge in [-0.05, 0) is 43.7 Å². The van der Waals surface area contributed by atoms with Crippen molar-refractivity contribution >= 4 is 28.5 Å². The molecule has 0 radical (unpaired) electrons. The number of rotatable bonds is 3. The summed E-state index contributed by atoms with van der Waals surface area (Å²) >= 11 is 2.46. The number of nitrogens with one attached hydrogen (secondary N) is 1. The molecular weight excluding hydrogens is 325 g/mol. The Balaban J connectivity index is 1.84. The van der Waals surface area contributed by atoms with E-state index in [0.717, 1.165) is 24.3 Å². The third-order valence-electron chi connectivity index (χ3n) is 3.44. The van der Waals surface area contributed by atoms with Crippen molar-refractivity contribution in [2.45, 2.75) is 31.7 Å². The van der Waals surface area contributed by atoms with Crippen LogP contribution in [0.25, 0.3) is 0 Å². The van der Waals surface area contributed by atoms with E-state index in [1.807, 2.05) is 30.3 Å². The molecule has 1 saturated carbocycles. The molecule has 2 rings (SSSR count). The van der Waals surface area contributed by atoms with Gasteiger partial charge in [-0.25, -0.2) is 0 Å². The van der Waals surface area contributed by atoms with Crippen molar-refractivity contribution in [1.29, 1.82) is 0 Å². The van der Waals surface area contributed by atoms with Gasteiger partial charge in [0, 0.05) is 16.0 Å². The Hall–Kier alpha value is -0.580. The molecule has 3 heteroatoms. The van der Waals surface area contributed by atoms with Gasteiger partial charge in [0.25, 0.3) is 5.91 Å². The molecule has 0 aromatic heterocycles. The van der Waals surface area contributed by atoms with Crippen molar-refractivity contribution < 1.29 is 4.79 Å². The maximum absolute atomic E-state index is 12.0. The van der Waals surface area contributed by atoms with Crippen LogP contribution in [0.2, 0.25) is 0 Å². The van der Waals surface area contributed by atoms with E-state index in [0.29, 0.717) is 6.04 Å². The second-order valence-electron chi connectivity index (χ2n) is 4.71. The van der Waals surface area contributed by atoms with Gasteiger partial charge in [-0.2, -0.15) is 0 Å². The highest BCUT2D eigenvalue weighted by atomic mass is 127. The summed E-state index contributed by atoms with van der Waals surface area (Å²) in [6.45, 7) is 0. The maximum atomic E-state index is 12.0. The van der Waals surface area contributed by atoms with E-state index in [1.54, 1.807) is 0 Å². The third-order valence-corrected chi connectivity index (χ3v) is 4.68. The summed E-state index contributed by atoms with van der Waals surface area (Å²) < 4.78 is 1.25. The maximum Gasteiger partial charge on any atom is 0.251 e. The van der Waals surface area contributed by atoms with Crippen molar-refractivity contribution in [3.05, 3.63) is 35.9 Å². The lowest BCUT2D eigenvalue weighted by Crippen LogP contribution is -2.37. The Morgan fingerprint density at radius 2 is 1.82 bits per heavy atom. The first kappa shape index (κ1) is 12.9. The summed E-state index contributed by atoms with van der Waals surface area (Å²) in [6.07, 6.45) is 4.77. The number of alkyl halides is 1. The van der Waals surface area contributed by atoms with E-state index in [-0.39, 0.29) is 5.91 Å². The van der Waals surface area contributed by atoms with Crippen LogP contribution in [0.4, 0.5) is 0 Å². The quantitative estimate of drug-likeness (QED) is 0.661. The molecule has 0 atom stereocenters. The molecule has 0 spiro atoms. The van der Waals surface area contributed by atoms with E-state index in [1.165, 1.54) is 17.3 Å². The predicted octanol–water partition coefficient (Wildman–Crippen LogP) is 3.41. The zero-order valence-electron chi connectivity index (χ0n) is 9.86. The highest BCUT2D eigenvalue weighted by molar-refractivity contribution is 14.1. The van der Waals surface area contributed by atoms with Crippen LogP contribution in [-0.2, 0) is 0 Å². The second-order valence-corrected chi connectivity index (χ2v) is 5.59. The molecule has 92 valence electrons. The zero-order chi connectivity index (χ0) is 12.1. The molecule has 1 aliphatic rings. The highest BCUT2D eigenvalue weighted by Crippen LogP contribution is 2.25. The van der Waals surface area contributed by atoms with Crippen LogP contribution in [-0.4, -0.2) is 16.4 Å². The minimum absolute atomic E-state index is 0.0727. The van der Waals surface area contributed by atoms with Gasteiger partial charge in [-0.1, -0.05) is 40.8 Å². The summed E-state index contributed by atoms with van der Waals surface area (Å²) in [7, 11) is 0. The van der Waals surface area contributed by atoms with Gasteiger partial charge in [0.05, 0.1) is 0 Å². The SMILES string of the molecule is O=C(NC1CCC(CI)CC1)c1ccccc1. The number of hydrogen-bond acceptors (Lipinski definition) is 1. The van der Waals surface area contributed by atoms with E-state index in [9.17, 15) is 4.79 Å². The summed E-state index contributed by atoms with van der Waals surface area (Å²) in [4.78, 5) is 12.0. The molecule has 0 unspecified atom stereocenters. The van der Waals surface area contributed by atoms with E-state index >= 15 is 0 Å². The number of benzene rings is 1. The number of carbonyl (C=O) groups excluding carboxylic acids is 1. The lowest BCUT2D eigenvalue weighted by Gasteiger charge is -2.28. The molecular formula is C14H18INO. The van der Waals surface area contributed by atoms with Crippen molar-refractivity contribution in [2.75, 3.05) is 4.43 Å². The molecule has 0 heterocycles. The monoisotopic (exact) mass is 343 g/mol. The summed E-state index contributed by atoms with van der Waals surface area (Å²) in [6, 6.07) is 9.85. The van der Waals surface area contributed by atoms with Crippen LogP contribution in [0, 0.1) is 5.92 Å². The van der Waals surface area contributed by atoms with Crippen LogP contribution in [0.5, 0.6) is 0 Å². The minimum Gasteiger partial charge on any atom is -0.349 e. The molecule has 0 aliphatic heterocycles. The molecule has 17 heavy (non-hydrogen) atoms. The van der Waals surface area contributed by atoms with E-state index < -0.39 is 0 Å². The van der Waals surface area contributed by atoms with Crippen molar-refractivity contribution in [3.63, 3.8) is 0 Å². The van der Waals surface area contributed by atoms with Crippen molar-refractivity contribution in [3.8, 4) is 0 Å². The molecule has 1 aliphatic carbocycles. The lowest BCUT2D eigenvalue weighted by atomic mass is 9.87. The van der Waals surface area contributed by atoms with Gasteiger partial charge in [0.15, 0.2) is 0 Å². The van der Waals surface area contributed by atoms with Gasteiger partial charge >= 0.3 is 0 Å². The predicted molar refractivity (Wildman–Crippen MR) is 78.5 cm³/mol. The zero-order valence-corrected chi connectivity index (χ0v) is 12.0. The van der Waals surface area contributed by atoms with Gasteiger partial charge in [-0.15, -0.1) is 0 Å². The first-order valence-electron chi connectivity index (χ1n) is 6.21. The fourth-order valence-electron chi connectivity index (χ4n) is 2.32. The molecule has 1 amide bonds. The van der Waals surface area contributed by atoms with Crippen LogP contribution in [0.1, 0.15) is 36.0 Å². The molecule has 0 saturated heterocycles. The Bertz CT molecular complexity index is 358. The standard InChI is InChI=1S/C14H18INO/c15-10-11-6-8-13(9-7-11)16-14(17)12-4-2-1-3-5-12/h1-5,11,13H,6-10H2,(H,16,17). The second kappa shape index (κ2) is 6.38. The average molecular weight is 343 g/mol. The fourth-order valence-corrected chi connectivity index (χ4v) is 3.20. The van der Waals surface area contributed by atoms with Crippen LogP contribution in [0.15, 0.2) is 30.3 Å². The molecule has 1 fully saturated rings. The fraction of sp³-hybridized carbons (Fsp3) is 0.500. The Morgan fingerprint density at radius 1 is 1.18 bits per heavy atom. The van der Waals surface area contributed by atoms with E-state index in [4.69, 9.17) is 0 Å². The average Bonchev–Trinajstić information content (AvgIpc) is 2.40. The van der Waals surface area contributed by atoms with Gasteiger partial charge in [-0.3, -0.25) is 4.79 Å². The van der Waals surface area contributed by atoms with Crippen LogP contribution < -0.4 is 5.32 Å². The highest BCUT2D eigenvalue weighted by Gasteiger charge is 2.21. The Morgan fingerprint density at radius 3 is 2.41 bits per heavy atom. The molecule has 1 N–H and O–H groups in total. The lowest BCUT2D eigenvalue weighted by molar-refractivity contribution is 0.0923. The Labute approximate surface area is 116 Å². The van der Waals surface area contributed by atoms with Crippen LogP contribution >= 0.6 is 22.6 Å². The normalized spacial score (nSPS) is 24.3. The topological polar surface area (TPSA) is 29.1 Å². The first-order valence-corrected chi connectivity index (χ1v) is 7.74. The summed E-state index contributed by atoms with van der Waals surface area (Å²) in [5.41, 5.74) is 0.767. The van der Waals surface area contributed by atoms with E-state index in [2.05, 4.69) is 27.9 Å². The molecule has 1 aromatic carbocycles. The number of halogens is 1. The van der Waals surface area contributed by atoms with Crippen molar-refractivity contribution in [1.82, 2.24) is 5.32 Å². The summed E-state index contributed by atoms with van der Waals surface area (Å²) in [5, 5.41) is 3.14. The number of carbonyl (C=O) groups is 1. The minimum atomic E-state index is 0.0727. The molecule has 2 nitrogen and oxygen atoms in total. The van der Waals surface area contributed by atoms with Crippen LogP contribution in [0.3, 0.4) is 0 Å².